The second kappa shape index (κ2) is 9.79. The second-order valence-corrected chi connectivity index (χ2v) is 8.85. The molecule has 3 heterocycles. The van der Waals surface area contributed by atoms with Gasteiger partial charge >= 0.3 is 6.18 Å². The molecule has 1 atom stereocenters. The lowest BCUT2D eigenvalue weighted by Crippen LogP contribution is -2.65. The summed E-state index contributed by atoms with van der Waals surface area (Å²) < 4.78 is 45.2. The van der Waals surface area contributed by atoms with Crippen LogP contribution in [0.2, 0.25) is 0 Å². The number of amides is 1. The first-order valence-electron chi connectivity index (χ1n) is 11.3. The van der Waals surface area contributed by atoms with E-state index < -0.39 is 23.3 Å². The van der Waals surface area contributed by atoms with Crippen LogP contribution < -0.4 is 10.2 Å². The minimum absolute atomic E-state index is 0.0642. The van der Waals surface area contributed by atoms with Gasteiger partial charge in [-0.25, -0.2) is 4.98 Å². The zero-order chi connectivity index (χ0) is 25.2. The second-order valence-electron chi connectivity index (χ2n) is 8.85. The number of morpholine rings is 1. The summed E-state index contributed by atoms with van der Waals surface area (Å²) >= 11 is 0. The predicted molar refractivity (Wildman–Crippen MR) is 128 cm³/mol. The number of halogens is 3. The van der Waals surface area contributed by atoms with E-state index in [1.807, 2.05) is 38.1 Å². The van der Waals surface area contributed by atoms with E-state index in [0.717, 1.165) is 34.8 Å². The average molecular weight is 488 g/mol. The van der Waals surface area contributed by atoms with E-state index in [4.69, 9.17) is 4.74 Å². The molecule has 10 heteroatoms. The van der Waals surface area contributed by atoms with Gasteiger partial charge in [-0.2, -0.15) is 13.2 Å². The summed E-state index contributed by atoms with van der Waals surface area (Å²) in [6.07, 6.45) is -0.697. The van der Waals surface area contributed by atoms with Crippen LogP contribution in [0.5, 0.6) is 0 Å². The summed E-state index contributed by atoms with van der Waals surface area (Å²) in [6, 6.07) is 8.30. The fraction of sp³-hybridized carbons (Fsp3) is 0.400. The molecule has 2 aliphatic heterocycles. The summed E-state index contributed by atoms with van der Waals surface area (Å²) in [7, 11) is 3.81. The summed E-state index contributed by atoms with van der Waals surface area (Å²) in [6.45, 7) is 3.93. The Balaban J connectivity index is 1.67. The Morgan fingerprint density at radius 3 is 2.54 bits per heavy atom. The van der Waals surface area contributed by atoms with Gasteiger partial charge in [-0.3, -0.25) is 14.7 Å². The minimum atomic E-state index is -4.54. The van der Waals surface area contributed by atoms with Gasteiger partial charge in [-0.05, 0) is 48.4 Å². The number of aromatic nitrogens is 1. The highest BCUT2D eigenvalue weighted by Crippen LogP contribution is 2.35. The maximum atomic E-state index is 13.3. The minimum Gasteiger partial charge on any atom is -0.379 e. The van der Waals surface area contributed by atoms with E-state index >= 15 is 0 Å². The first-order chi connectivity index (χ1) is 16.6. The lowest BCUT2D eigenvalue weighted by Gasteiger charge is -2.45. The molecule has 1 fully saturated rings. The molecule has 7 nitrogen and oxygen atoms in total. The highest BCUT2D eigenvalue weighted by atomic mass is 19.4. The number of benzene rings is 1. The number of nitrogens with zero attached hydrogens (tertiary/aromatic N) is 4. The quantitative estimate of drug-likeness (QED) is 0.694. The Kier molecular flexibility index (Phi) is 6.95. The lowest BCUT2D eigenvalue weighted by atomic mass is 9.90. The van der Waals surface area contributed by atoms with Gasteiger partial charge in [0.25, 0.3) is 5.91 Å². The van der Waals surface area contributed by atoms with Crippen LogP contribution in [-0.2, 0) is 10.9 Å². The number of allylic oxidation sites excluding steroid dienone is 1. The molecule has 1 saturated heterocycles. The van der Waals surface area contributed by atoms with Gasteiger partial charge in [-0.15, -0.1) is 0 Å². The molecule has 35 heavy (non-hydrogen) atoms. The zero-order valence-electron chi connectivity index (χ0n) is 19.9. The van der Waals surface area contributed by atoms with Crippen LogP contribution in [-0.4, -0.2) is 68.1 Å². The fourth-order valence-electron chi connectivity index (χ4n) is 4.28. The number of anilines is 1. The van der Waals surface area contributed by atoms with E-state index in [2.05, 4.69) is 20.2 Å². The molecular formula is C25H28F3N5O2. The number of hydrogen-bond donors (Lipinski definition) is 1. The van der Waals surface area contributed by atoms with Gasteiger partial charge < -0.3 is 15.0 Å². The van der Waals surface area contributed by atoms with Crippen molar-refractivity contribution in [1.29, 1.82) is 0 Å². The molecule has 1 aromatic heterocycles. The van der Waals surface area contributed by atoms with Crippen LogP contribution in [0.1, 0.15) is 34.8 Å². The van der Waals surface area contributed by atoms with Crippen LogP contribution in [0.15, 0.2) is 53.3 Å². The highest BCUT2D eigenvalue weighted by Gasteiger charge is 2.41. The van der Waals surface area contributed by atoms with Crippen molar-refractivity contribution in [3.63, 3.8) is 0 Å². The highest BCUT2D eigenvalue weighted by molar-refractivity contribution is 5.98. The Bertz CT molecular complexity index is 1140. The normalized spacial score (nSPS) is 21.2. The van der Waals surface area contributed by atoms with Crippen molar-refractivity contribution >= 4 is 23.5 Å². The van der Waals surface area contributed by atoms with Gasteiger partial charge in [-0.1, -0.05) is 6.07 Å². The van der Waals surface area contributed by atoms with E-state index in [1.54, 1.807) is 12.4 Å². The largest absolute Gasteiger partial charge is 0.416 e. The van der Waals surface area contributed by atoms with Crippen LogP contribution >= 0.6 is 0 Å². The molecule has 4 rings (SSSR count). The topological polar surface area (TPSA) is 70.1 Å². The smallest absolute Gasteiger partial charge is 0.379 e. The van der Waals surface area contributed by atoms with E-state index in [0.29, 0.717) is 32.7 Å². The number of alkyl halides is 3. The molecule has 1 N–H and O–H groups in total. The monoisotopic (exact) mass is 487 g/mol. The van der Waals surface area contributed by atoms with Gasteiger partial charge in [0.15, 0.2) is 0 Å². The SMILES string of the molecule is CC1=C(c2ccc(N(C)C)nc2)CC(NC(=O)c2cccc(C(F)(F)F)c2)(N2CCOCC2)C=N1. The Morgan fingerprint density at radius 2 is 1.91 bits per heavy atom. The third kappa shape index (κ3) is 5.38. The molecule has 2 aromatic rings. The number of carbonyl (C=O) groups is 1. The van der Waals surface area contributed by atoms with Crippen molar-refractivity contribution in [1.82, 2.24) is 15.2 Å². The van der Waals surface area contributed by atoms with Crippen molar-refractivity contribution in [2.24, 2.45) is 4.99 Å². The van der Waals surface area contributed by atoms with E-state index in [-0.39, 0.29) is 5.56 Å². The lowest BCUT2D eigenvalue weighted by molar-refractivity contribution is -0.137. The molecule has 1 amide bonds. The van der Waals surface area contributed by atoms with Gasteiger partial charge in [0.05, 0.1) is 18.8 Å². The van der Waals surface area contributed by atoms with Crippen molar-refractivity contribution in [3.8, 4) is 0 Å². The Morgan fingerprint density at radius 1 is 1.17 bits per heavy atom. The number of aliphatic imine (C=N–C) groups is 1. The third-order valence-corrected chi connectivity index (χ3v) is 6.27. The molecule has 1 unspecified atom stereocenters. The summed E-state index contributed by atoms with van der Waals surface area (Å²) in [4.78, 5) is 26.3. The first-order valence-corrected chi connectivity index (χ1v) is 11.3. The van der Waals surface area contributed by atoms with Crippen LogP contribution in [0.3, 0.4) is 0 Å². The van der Waals surface area contributed by atoms with Crippen molar-refractivity contribution in [2.75, 3.05) is 45.3 Å². The zero-order valence-corrected chi connectivity index (χ0v) is 19.9. The number of carbonyl (C=O) groups excluding carboxylic acids is 1. The third-order valence-electron chi connectivity index (χ3n) is 6.27. The summed E-state index contributed by atoms with van der Waals surface area (Å²) in [5.41, 5.74) is 0.611. The Labute approximate surface area is 202 Å². The average Bonchev–Trinajstić information content (AvgIpc) is 2.85. The number of ether oxygens (including phenoxy) is 1. The van der Waals surface area contributed by atoms with Crippen molar-refractivity contribution in [3.05, 3.63) is 65.0 Å². The number of rotatable bonds is 5. The molecule has 1 aromatic carbocycles. The fourth-order valence-corrected chi connectivity index (χ4v) is 4.28. The predicted octanol–water partition coefficient (Wildman–Crippen LogP) is 3.83. The van der Waals surface area contributed by atoms with Crippen LogP contribution in [0.25, 0.3) is 5.57 Å². The molecule has 0 radical (unpaired) electrons. The van der Waals surface area contributed by atoms with Crippen molar-refractivity contribution in [2.45, 2.75) is 25.2 Å². The molecular weight excluding hydrogens is 459 g/mol. The van der Waals surface area contributed by atoms with Gasteiger partial charge in [0.2, 0.25) is 0 Å². The Hall–Kier alpha value is -3.24. The maximum absolute atomic E-state index is 13.3. The maximum Gasteiger partial charge on any atom is 0.416 e. The summed E-state index contributed by atoms with van der Waals surface area (Å²) in [5.74, 6) is 0.206. The van der Waals surface area contributed by atoms with Crippen molar-refractivity contribution < 1.29 is 22.7 Å². The van der Waals surface area contributed by atoms with Gasteiger partial charge in [0.1, 0.15) is 11.5 Å². The molecule has 0 saturated carbocycles. The van der Waals surface area contributed by atoms with E-state index in [1.165, 1.54) is 12.1 Å². The van der Waals surface area contributed by atoms with E-state index in [9.17, 15) is 18.0 Å². The number of nitrogens with one attached hydrogen (secondary N) is 1. The molecule has 186 valence electrons. The molecule has 0 spiro atoms. The summed E-state index contributed by atoms with van der Waals surface area (Å²) in [5, 5.41) is 3.00. The van der Waals surface area contributed by atoms with Crippen LogP contribution in [0.4, 0.5) is 19.0 Å². The number of hydrogen-bond acceptors (Lipinski definition) is 6. The van der Waals surface area contributed by atoms with Gasteiger partial charge in [0, 0.05) is 57.3 Å². The molecule has 2 aliphatic rings. The standard InChI is InChI=1S/C25H28F3N5O2/c1-17-21(19-7-8-22(29-15-19)32(2)3)14-24(16-30-17,33-9-11-35-12-10-33)31-23(34)18-5-4-6-20(13-18)25(26,27)28/h4-8,13,15-16H,9-12,14H2,1-3H3,(H,31,34). The first kappa shape index (κ1) is 24.9. The molecule has 0 bridgehead atoms. The van der Waals surface area contributed by atoms with Crippen LogP contribution in [0, 0.1) is 0 Å². The molecule has 0 aliphatic carbocycles. The number of pyridine rings is 1.